The molecule has 6 aliphatic rings. The molecule has 622 valence electrons. The lowest BCUT2D eigenvalue weighted by molar-refractivity contribution is 0.608. The van der Waals surface area contributed by atoms with Crippen molar-refractivity contribution in [3.05, 3.63) is 375 Å². The van der Waals surface area contributed by atoms with Crippen molar-refractivity contribution in [2.45, 2.75) is 132 Å². The Morgan fingerprint density at radius 1 is 0.300 bits per heavy atom. The number of anilines is 5. The first-order valence-electron chi connectivity index (χ1n) is 42.0. The third kappa shape index (κ3) is 25.5. The topological polar surface area (TPSA) is 16.2 Å². The number of hydrogen-bond donors (Lipinski definition) is 0. The highest BCUT2D eigenvalue weighted by Gasteiger charge is 2.26. The molecule has 2 heterocycles. The second-order valence-electron chi connectivity index (χ2n) is 31.3. The van der Waals surface area contributed by atoms with E-state index >= 15 is 0 Å². The van der Waals surface area contributed by atoms with Crippen LogP contribution in [0.15, 0.2) is 319 Å². The minimum Gasteiger partial charge on any atom is -0.378 e. The molecule has 14 heteroatoms. The lowest BCUT2D eigenvalue weighted by atomic mass is 9.92. The molecule has 0 unspecified atom stereocenters. The van der Waals surface area contributed by atoms with Crippen LogP contribution in [0.3, 0.4) is 0 Å². The molecule has 2 aliphatic heterocycles. The summed E-state index contributed by atoms with van der Waals surface area (Å²) in [6, 6.07) is 99.6. The van der Waals surface area contributed by atoms with Crippen molar-refractivity contribution in [2.24, 2.45) is 0 Å². The summed E-state index contributed by atoms with van der Waals surface area (Å²) < 4.78 is 10.6. The van der Waals surface area contributed by atoms with Gasteiger partial charge in [0, 0.05) is 134 Å². The number of aryl methyl sites for hydroxylation is 1. The Labute approximate surface area is 792 Å². The van der Waals surface area contributed by atoms with Gasteiger partial charge >= 0.3 is 0 Å². The quantitative estimate of drug-likeness (QED) is 0.121. The van der Waals surface area contributed by atoms with E-state index < -0.39 is 0 Å². The van der Waals surface area contributed by atoms with Crippen LogP contribution in [0.4, 0.5) is 28.4 Å². The average Bonchev–Trinajstić information content (AvgIpc) is 1.54. The zero-order valence-corrected chi connectivity index (χ0v) is 84.9. The first kappa shape index (κ1) is 93.9. The van der Waals surface area contributed by atoms with Gasteiger partial charge in [0.2, 0.25) is 0 Å². The van der Waals surface area contributed by atoms with E-state index in [0.29, 0.717) is 12.1 Å². The van der Waals surface area contributed by atoms with E-state index in [0.717, 1.165) is 74.2 Å². The zero-order valence-electron chi connectivity index (χ0n) is 70.7. The van der Waals surface area contributed by atoms with Crippen molar-refractivity contribution >= 4 is 172 Å². The number of hydrogen-bond acceptors (Lipinski definition) is 5. The molecule has 0 saturated heterocycles. The second-order valence-corrected chi connectivity index (χ2v) is 39.3. The van der Waals surface area contributed by atoms with Crippen molar-refractivity contribution < 1.29 is 0 Å². The summed E-state index contributed by atoms with van der Waals surface area (Å²) in [7, 11) is 4.06. The number of benzene rings is 13. The summed E-state index contributed by atoms with van der Waals surface area (Å²) in [5.41, 5.74) is 32.4. The smallest absolute Gasteiger partial charge is 0.0442 e. The lowest BCUT2D eigenvalue weighted by Crippen LogP contribution is -2.36. The number of halogens is 9. The molecule has 0 aromatic heterocycles. The van der Waals surface area contributed by atoms with Gasteiger partial charge < -0.3 is 24.5 Å². The molecule has 0 N–H and O–H groups in total. The van der Waals surface area contributed by atoms with E-state index in [1.807, 2.05) is 32.3 Å². The van der Waals surface area contributed by atoms with Gasteiger partial charge in [0.1, 0.15) is 0 Å². The van der Waals surface area contributed by atoms with Crippen LogP contribution in [0.5, 0.6) is 0 Å². The summed E-state index contributed by atoms with van der Waals surface area (Å²) in [5, 5.41) is 0. The van der Waals surface area contributed by atoms with Crippen LogP contribution < -0.4 is 24.5 Å². The highest BCUT2D eigenvalue weighted by atomic mass is 79.9. The van der Waals surface area contributed by atoms with Crippen molar-refractivity contribution in [1.82, 2.24) is 0 Å². The van der Waals surface area contributed by atoms with Gasteiger partial charge in [-0.25, -0.2) is 0 Å². The Morgan fingerprint density at radius 3 is 1.25 bits per heavy atom. The highest BCUT2D eigenvalue weighted by molar-refractivity contribution is 9.12. The molecule has 0 radical (unpaired) electrons. The Kier molecular flexibility index (Phi) is 36.6. The van der Waals surface area contributed by atoms with Crippen LogP contribution in [0.25, 0.3) is 44.5 Å². The fraction of sp³-hybridized carbons (Fsp3) is 0.264. The van der Waals surface area contributed by atoms with E-state index in [-0.39, 0.29) is 0 Å². The van der Waals surface area contributed by atoms with E-state index in [4.69, 9.17) is 0 Å². The normalized spacial score (nSPS) is 12.3. The third-order valence-electron chi connectivity index (χ3n) is 22.1. The van der Waals surface area contributed by atoms with E-state index in [9.17, 15) is 0 Å². The van der Waals surface area contributed by atoms with Gasteiger partial charge in [-0.05, 0) is 321 Å². The first-order valence-corrected chi connectivity index (χ1v) is 49.2. The summed E-state index contributed by atoms with van der Waals surface area (Å²) in [4.78, 5) is 11.8. The number of nitrogens with zero attached hydrogens (tertiary/aromatic N) is 5. The molecule has 19 rings (SSSR count). The van der Waals surface area contributed by atoms with Gasteiger partial charge in [-0.3, -0.25) is 0 Å². The first-order chi connectivity index (χ1) is 58.0. The van der Waals surface area contributed by atoms with Gasteiger partial charge in [0.25, 0.3) is 0 Å². The molecule has 0 saturated carbocycles. The van der Waals surface area contributed by atoms with Crippen LogP contribution >= 0.6 is 143 Å². The standard InChI is InChI=1S/4C13H9Br.C12H14BrN.2C12H18BrN.C10H14BrN.C8H10BrN/c14-12-7-3-5-10-8-9-4-1-2-6-11(9)13(10)12;14-13-7-3-6-11-10-5-2-1-4-9(10)8-12(11)13;14-11-5-6-13-10(8-11)7-9-3-1-2-4-12(9)13;14-11-6-5-10-7-9-3-1-2-4-12(9)13(10)8-11;13-11-6-5-9-3-1-7-14-8-2-4-10(11)12(9)14;1-9(2)14(10(3)4)12-7-5-6-11(13)8-12;1-3-8-14(9-4-2)12-7-5-6-11(13)10-12;1-3-12(4-2)10-7-5-6-9(11)8-10;1-10(2)8-5-3-4-7(9)6-8/h2*1-7H,8H2;2*1-6,8H,7H2;5-6H,1-4,7-8H2;5-10H,1-4H3;5-7,10H,3-4,8-9H2,1-2H3;5-8H,3-4H2,1-2H3;3-6H,1-2H3. The number of fused-ring (bicyclic) bond motifs is 12. The Morgan fingerprint density at radius 2 is 0.692 bits per heavy atom. The molecule has 13 aromatic rings. The molecular formula is C106H110Br9N5. The average molecular weight is 2170 g/mol. The predicted octanol–water partition coefficient (Wildman–Crippen LogP) is 33.2. The van der Waals surface area contributed by atoms with Crippen molar-refractivity contribution in [3.63, 3.8) is 0 Å². The molecule has 0 atom stereocenters. The molecule has 0 amide bonds. The molecule has 4 aliphatic carbocycles. The van der Waals surface area contributed by atoms with E-state index in [2.05, 4.69) is 484 Å². The maximum absolute atomic E-state index is 3.67. The maximum atomic E-state index is 3.67. The molecule has 13 aromatic carbocycles. The van der Waals surface area contributed by atoms with Crippen LogP contribution in [-0.2, 0) is 38.5 Å². The molecule has 0 fully saturated rings. The largest absolute Gasteiger partial charge is 0.378 e. The minimum atomic E-state index is 0.532. The Bertz CT molecular complexity index is 5490. The Hall–Kier alpha value is -6.82. The molecule has 0 spiro atoms. The zero-order chi connectivity index (χ0) is 85.4. The summed E-state index contributed by atoms with van der Waals surface area (Å²) in [5.74, 6) is 0. The van der Waals surface area contributed by atoms with Gasteiger partial charge in [-0.15, -0.1) is 0 Å². The van der Waals surface area contributed by atoms with Gasteiger partial charge in [-0.1, -0.05) is 321 Å². The van der Waals surface area contributed by atoms with Crippen LogP contribution in [-0.4, -0.2) is 65.4 Å². The van der Waals surface area contributed by atoms with E-state index in [1.165, 1.54) is 181 Å². The fourth-order valence-electron chi connectivity index (χ4n) is 16.6. The monoisotopic (exact) mass is 2160 g/mol. The summed E-state index contributed by atoms with van der Waals surface area (Å²) in [6.45, 7) is 24.6. The van der Waals surface area contributed by atoms with Crippen molar-refractivity contribution in [3.8, 4) is 44.5 Å². The molecule has 0 bridgehead atoms. The van der Waals surface area contributed by atoms with Crippen LogP contribution in [0.2, 0.25) is 0 Å². The molecular weight excluding hydrogens is 2060 g/mol. The van der Waals surface area contributed by atoms with E-state index in [1.54, 1.807) is 16.8 Å². The lowest BCUT2D eigenvalue weighted by Gasteiger charge is -2.37. The summed E-state index contributed by atoms with van der Waals surface area (Å²) in [6.07, 6.45) is 11.9. The van der Waals surface area contributed by atoms with Gasteiger partial charge in [-0.2, -0.15) is 0 Å². The highest BCUT2D eigenvalue weighted by Crippen LogP contribution is 2.44. The maximum Gasteiger partial charge on any atom is 0.0442 e. The number of rotatable bonds is 12. The summed E-state index contributed by atoms with van der Waals surface area (Å²) >= 11 is 31.8. The third-order valence-corrected chi connectivity index (χ3v) is 27.2. The molecule has 120 heavy (non-hydrogen) atoms. The predicted molar refractivity (Wildman–Crippen MR) is 553 cm³/mol. The van der Waals surface area contributed by atoms with Gasteiger partial charge in [0.05, 0.1) is 0 Å². The van der Waals surface area contributed by atoms with Gasteiger partial charge in [0.15, 0.2) is 0 Å². The van der Waals surface area contributed by atoms with Crippen LogP contribution in [0, 0.1) is 0 Å². The Balaban J connectivity index is 0.000000132. The van der Waals surface area contributed by atoms with Crippen molar-refractivity contribution in [2.75, 3.05) is 77.9 Å². The molecule has 5 nitrogen and oxygen atoms in total. The second kappa shape index (κ2) is 46.8. The fourth-order valence-corrected chi connectivity index (χ4v) is 20.6. The SMILES string of the molecule is Brc1ccc2c(c1)-c1ccccc1C2.Brc1ccc2c(c1)Cc1ccccc1-2.Brc1ccc2c3c1CCCN3CCC2.Brc1cccc2c1-c1ccccc1C2.Brc1cccc2c1Cc1ccccc1-2.CC(C)N(c1cccc(Br)c1)C(C)C.CCCN(CCC)c1cccc(Br)c1.CCN(CC)c1cccc(Br)c1.CN(C)c1cccc(Br)c1. The minimum absolute atomic E-state index is 0.532. The van der Waals surface area contributed by atoms with Crippen molar-refractivity contribution in [1.29, 1.82) is 0 Å². The van der Waals surface area contributed by atoms with Crippen LogP contribution in [0.1, 0.15) is 137 Å².